The number of nitrogens with zero attached hydrogens (tertiary/aromatic N) is 6. The van der Waals surface area contributed by atoms with Crippen molar-refractivity contribution in [1.82, 2.24) is 24.8 Å². The molecule has 202 valence electrons. The predicted molar refractivity (Wildman–Crippen MR) is 145 cm³/mol. The van der Waals surface area contributed by atoms with Crippen LogP contribution in [0.1, 0.15) is 19.3 Å². The van der Waals surface area contributed by atoms with Gasteiger partial charge in [-0.15, -0.1) is 0 Å². The molecule has 0 radical (unpaired) electrons. The minimum atomic E-state index is -1.21. The van der Waals surface area contributed by atoms with Gasteiger partial charge in [0, 0.05) is 39.4 Å². The van der Waals surface area contributed by atoms with E-state index < -0.39 is 24.3 Å². The first-order valence-corrected chi connectivity index (χ1v) is 13.4. The molecule has 38 heavy (non-hydrogen) atoms. The Kier molecular flexibility index (Phi) is 7.84. The number of carbonyl (C=O) groups excluding carboxylic acids is 2. The molecule has 13 heteroatoms. The number of fused-ring (bicyclic) bond motifs is 1. The largest absolute Gasteiger partial charge is 0.446 e. The summed E-state index contributed by atoms with van der Waals surface area (Å²) in [5.74, 6) is 0.646. The molecule has 0 saturated carbocycles. The van der Waals surface area contributed by atoms with E-state index in [0.29, 0.717) is 23.4 Å². The number of carbonyl (C=O) groups is 2. The Labute approximate surface area is 224 Å². The van der Waals surface area contributed by atoms with E-state index in [1.165, 1.54) is 22.4 Å². The summed E-state index contributed by atoms with van der Waals surface area (Å²) in [5.41, 5.74) is 0.795. The van der Waals surface area contributed by atoms with Crippen molar-refractivity contribution in [2.45, 2.75) is 37.6 Å². The van der Waals surface area contributed by atoms with Gasteiger partial charge in [0.2, 0.25) is 5.95 Å². The number of aromatic nitrogens is 3. The Morgan fingerprint density at radius 1 is 1.11 bits per heavy atom. The zero-order valence-electron chi connectivity index (χ0n) is 21.3. The van der Waals surface area contributed by atoms with Gasteiger partial charge in [-0.25, -0.2) is 23.9 Å². The lowest BCUT2D eigenvalue weighted by molar-refractivity contribution is 0.0661. The van der Waals surface area contributed by atoms with Crippen LogP contribution in [0.15, 0.2) is 36.5 Å². The van der Waals surface area contributed by atoms with Crippen LogP contribution < -0.4 is 15.5 Å². The van der Waals surface area contributed by atoms with Gasteiger partial charge in [-0.3, -0.25) is 10.6 Å². The van der Waals surface area contributed by atoms with Crippen molar-refractivity contribution >= 4 is 50.6 Å². The van der Waals surface area contributed by atoms with Crippen molar-refractivity contribution in [3.05, 3.63) is 36.5 Å². The molecule has 1 aromatic carbocycles. The maximum absolute atomic E-state index is 15.0. The quantitative estimate of drug-likeness (QED) is 0.500. The average Bonchev–Trinajstić information content (AvgIpc) is 3.32. The number of amides is 3. The number of benzene rings is 1. The summed E-state index contributed by atoms with van der Waals surface area (Å²) in [6.45, 7) is 2.35. The Balaban J connectivity index is 1.20. The smallest absolute Gasteiger partial charge is 0.413 e. The van der Waals surface area contributed by atoms with E-state index in [-0.39, 0.29) is 19.1 Å². The Morgan fingerprint density at radius 2 is 1.89 bits per heavy atom. The zero-order chi connectivity index (χ0) is 26.6. The number of hydrogen-bond acceptors (Lipinski definition) is 9. The van der Waals surface area contributed by atoms with Gasteiger partial charge < -0.3 is 19.4 Å². The molecule has 2 aromatic heterocycles. The number of rotatable bonds is 5. The van der Waals surface area contributed by atoms with E-state index >= 15 is 0 Å². The van der Waals surface area contributed by atoms with Crippen LogP contribution in [-0.4, -0.2) is 95.5 Å². The van der Waals surface area contributed by atoms with Gasteiger partial charge in [-0.2, -0.15) is 4.98 Å². The first-order chi connectivity index (χ1) is 18.4. The standard InChI is InChI=1S/C25H31FN8O3S/c1-32-12-8-16(9-13-32)37-25(36)30-21-7-11-27-22(29-21)34-14-10-17(26)19(15-34)33(2)24(35)31-23-28-18-5-3-4-6-20(18)38-23/h3-7,11,16-17,19H,8-10,12-15H2,1-2H3,(H,28,31,35)(H,27,29,30,36)/t17-,19+/m1/s1. The van der Waals surface area contributed by atoms with Gasteiger partial charge in [-0.1, -0.05) is 23.5 Å². The third-order valence-electron chi connectivity index (χ3n) is 6.92. The molecular weight excluding hydrogens is 511 g/mol. The highest BCUT2D eigenvalue weighted by molar-refractivity contribution is 7.22. The van der Waals surface area contributed by atoms with Gasteiger partial charge in [0.15, 0.2) is 5.13 Å². The van der Waals surface area contributed by atoms with Gasteiger partial charge in [-0.05, 0) is 44.5 Å². The molecule has 2 aliphatic heterocycles. The van der Waals surface area contributed by atoms with Crippen molar-refractivity contribution in [3.63, 3.8) is 0 Å². The van der Waals surface area contributed by atoms with E-state index in [1.807, 2.05) is 36.2 Å². The van der Waals surface area contributed by atoms with Crippen LogP contribution in [0.4, 0.5) is 30.9 Å². The van der Waals surface area contributed by atoms with Gasteiger partial charge in [0.1, 0.15) is 18.1 Å². The zero-order valence-corrected chi connectivity index (χ0v) is 22.2. The molecule has 0 spiro atoms. The fraction of sp³-hybridized carbons (Fsp3) is 0.480. The molecule has 0 unspecified atom stereocenters. The molecule has 2 fully saturated rings. The Morgan fingerprint density at radius 3 is 2.68 bits per heavy atom. The van der Waals surface area contributed by atoms with E-state index in [0.717, 1.165) is 36.1 Å². The lowest BCUT2D eigenvalue weighted by Crippen LogP contribution is -2.55. The number of nitrogens with one attached hydrogen (secondary N) is 2. The number of alkyl halides is 1. The number of halogens is 1. The van der Waals surface area contributed by atoms with E-state index in [1.54, 1.807) is 13.1 Å². The monoisotopic (exact) mass is 542 g/mol. The number of urea groups is 1. The number of likely N-dealkylation sites (N-methyl/N-ethyl adjacent to an activating group) is 1. The molecule has 0 aliphatic carbocycles. The topological polar surface area (TPSA) is 116 Å². The van der Waals surface area contributed by atoms with Crippen LogP contribution in [-0.2, 0) is 4.74 Å². The molecule has 2 saturated heterocycles. The van der Waals surface area contributed by atoms with Gasteiger partial charge >= 0.3 is 12.1 Å². The van der Waals surface area contributed by atoms with Crippen molar-refractivity contribution in [2.75, 3.05) is 55.8 Å². The minimum absolute atomic E-state index is 0.124. The van der Waals surface area contributed by atoms with Gasteiger partial charge in [0.25, 0.3) is 0 Å². The predicted octanol–water partition coefficient (Wildman–Crippen LogP) is 3.81. The highest BCUT2D eigenvalue weighted by Crippen LogP contribution is 2.27. The molecule has 11 nitrogen and oxygen atoms in total. The maximum atomic E-state index is 15.0. The number of hydrogen-bond donors (Lipinski definition) is 2. The maximum Gasteiger partial charge on any atom is 0.413 e. The first-order valence-electron chi connectivity index (χ1n) is 12.6. The summed E-state index contributed by atoms with van der Waals surface area (Å²) in [5, 5.41) is 5.91. The summed E-state index contributed by atoms with van der Waals surface area (Å²) >= 11 is 1.36. The van der Waals surface area contributed by atoms with Crippen LogP contribution >= 0.6 is 11.3 Å². The second kappa shape index (κ2) is 11.4. The number of piperidine rings is 2. The molecular formula is C25H31FN8O3S. The summed E-state index contributed by atoms with van der Waals surface area (Å²) < 4.78 is 21.5. The number of thiazole rings is 1. The molecule has 0 bridgehead atoms. The second-order valence-electron chi connectivity index (χ2n) is 9.62. The third kappa shape index (κ3) is 6.10. The molecule has 2 aliphatic rings. The summed E-state index contributed by atoms with van der Waals surface area (Å²) in [4.78, 5) is 43.9. The summed E-state index contributed by atoms with van der Waals surface area (Å²) in [6.07, 6.45) is 1.44. The number of para-hydroxylation sites is 1. The normalized spacial score (nSPS) is 20.8. The Hall–Kier alpha value is -3.58. The fourth-order valence-corrected chi connectivity index (χ4v) is 5.52. The molecule has 3 aromatic rings. The van der Waals surface area contributed by atoms with E-state index in [2.05, 4.69) is 30.5 Å². The highest BCUT2D eigenvalue weighted by Gasteiger charge is 2.35. The van der Waals surface area contributed by atoms with E-state index in [4.69, 9.17) is 4.74 Å². The molecule has 2 atom stereocenters. The second-order valence-corrected chi connectivity index (χ2v) is 10.7. The van der Waals surface area contributed by atoms with Crippen molar-refractivity contribution < 1.29 is 18.7 Å². The van der Waals surface area contributed by atoms with Crippen molar-refractivity contribution in [3.8, 4) is 0 Å². The van der Waals surface area contributed by atoms with Crippen molar-refractivity contribution in [2.24, 2.45) is 0 Å². The van der Waals surface area contributed by atoms with Crippen molar-refractivity contribution in [1.29, 1.82) is 0 Å². The lowest BCUT2D eigenvalue weighted by atomic mass is 10.0. The van der Waals surface area contributed by atoms with Crippen LogP contribution in [0.3, 0.4) is 0 Å². The molecule has 2 N–H and O–H groups in total. The summed E-state index contributed by atoms with van der Waals surface area (Å²) in [7, 11) is 3.61. The van der Waals surface area contributed by atoms with Crippen LogP contribution in [0.2, 0.25) is 0 Å². The van der Waals surface area contributed by atoms with Crippen LogP contribution in [0, 0.1) is 0 Å². The average molecular weight is 543 g/mol. The molecule has 4 heterocycles. The first kappa shape index (κ1) is 26.0. The van der Waals surface area contributed by atoms with Gasteiger partial charge in [0.05, 0.1) is 16.3 Å². The number of ether oxygens (including phenoxy) is 1. The van der Waals surface area contributed by atoms with Crippen LogP contribution in [0.5, 0.6) is 0 Å². The summed E-state index contributed by atoms with van der Waals surface area (Å²) in [6, 6.07) is 8.03. The number of likely N-dealkylation sites (tertiary alicyclic amines) is 1. The molecule has 5 rings (SSSR count). The minimum Gasteiger partial charge on any atom is -0.446 e. The van der Waals surface area contributed by atoms with E-state index in [9.17, 15) is 14.0 Å². The third-order valence-corrected chi connectivity index (χ3v) is 7.87. The van der Waals surface area contributed by atoms with Crippen LogP contribution in [0.25, 0.3) is 10.2 Å². The lowest BCUT2D eigenvalue weighted by Gasteiger charge is -2.39. The molecule has 3 amide bonds. The highest BCUT2D eigenvalue weighted by atomic mass is 32.1. The fourth-order valence-electron chi connectivity index (χ4n) is 4.66. The Bertz CT molecular complexity index is 1250. The number of anilines is 3. The SMILES string of the molecule is CN1CCC(OC(=O)Nc2ccnc(N3CC[C@@H](F)[C@@H](N(C)C(=O)Nc4nc5ccccc5s4)C3)n2)CC1.